The molecule has 2 saturated heterocycles. The number of carbonyl (C=O) groups excluding carboxylic acids is 2. The van der Waals surface area contributed by atoms with Crippen molar-refractivity contribution in [3.63, 3.8) is 0 Å². The molecule has 0 spiro atoms. The van der Waals surface area contributed by atoms with Crippen LogP contribution in [0, 0.1) is 0 Å². The van der Waals surface area contributed by atoms with E-state index in [9.17, 15) is 18.0 Å². The minimum atomic E-state index is -3.44. The number of cyclic esters (lactones) is 1. The predicted octanol–water partition coefficient (Wildman–Crippen LogP) is 2.62. The monoisotopic (exact) mass is 463 g/mol. The molecule has 2 fully saturated rings. The number of aromatic nitrogens is 1. The Morgan fingerprint density at radius 3 is 2.68 bits per heavy atom. The number of ether oxygens (including phenoxy) is 1. The largest absolute Gasteiger partial charge is 0.447 e. The Morgan fingerprint density at radius 1 is 1.29 bits per heavy atom. The molecule has 1 aromatic carbocycles. The molecule has 2 aliphatic rings. The number of carbonyl (C=O) groups is 2. The van der Waals surface area contributed by atoms with Gasteiger partial charge in [-0.05, 0) is 24.6 Å². The fourth-order valence-electron chi connectivity index (χ4n) is 3.75. The summed E-state index contributed by atoms with van der Waals surface area (Å²) in [6.45, 7) is 1.49. The van der Waals surface area contributed by atoms with E-state index < -0.39 is 15.9 Å². The number of rotatable bonds is 6. The molecular weight excluding hydrogens is 442 g/mol. The number of benzene rings is 1. The van der Waals surface area contributed by atoms with Crippen molar-refractivity contribution in [2.24, 2.45) is 0 Å². The van der Waals surface area contributed by atoms with Gasteiger partial charge in [0.25, 0.3) is 0 Å². The number of hydrogen-bond donors (Lipinski definition) is 1. The molecule has 10 heteroatoms. The molecule has 0 radical (unpaired) electrons. The maximum absolute atomic E-state index is 12.3. The van der Waals surface area contributed by atoms with Crippen molar-refractivity contribution in [3.05, 3.63) is 47.2 Å². The lowest BCUT2D eigenvalue weighted by Crippen LogP contribution is -2.49. The summed E-state index contributed by atoms with van der Waals surface area (Å²) in [6.07, 6.45) is 3.29. The number of nitrogens with one attached hydrogen (secondary N) is 1. The van der Waals surface area contributed by atoms with Crippen LogP contribution in [-0.4, -0.2) is 62.3 Å². The van der Waals surface area contributed by atoms with Gasteiger partial charge in [0.15, 0.2) is 9.84 Å². The molecule has 0 aliphatic carbocycles. The van der Waals surface area contributed by atoms with Crippen LogP contribution in [0.3, 0.4) is 0 Å². The number of hydrogen-bond acceptors (Lipinski definition) is 6. The Kier molecular flexibility index (Phi) is 5.90. The Hall–Kier alpha value is -2.65. The average Bonchev–Trinajstić information content (AvgIpc) is 3.10. The van der Waals surface area contributed by atoms with Gasteiger partial charge in [-0.2, -0.15) is 0 Å². The highest BCUT2D eigenvalue weighted by Gasteiger charge is 2.33. The first-order valence-electron chi connectivity index (χ1n) is 9.87. The average molecular weight is 464 g/mol. The molecule has 31 heavy (non-hydrogen) atoms. The summed E-state index contributed by atoms with van der Waals surface area (Å²) in [5.41, 5.74) is 2.10. The quantitative estimate of drug-likeness (QED) is 0.705. The Balaban J connectivity index is 1.36. The fraction of sp³-hybridized carbons (Fsp3) is 0.381. The summed E-state index contributed by atoms with van der Waals surface area (Å²) in [4.78, 5) is 29.8. The fourth-order valence-corrected chi connectivity index (χ4v) is 4.92. The van der Waals surface area contributed by atoms with Gasteiger partial charge >= 0.3 is 6.09 Å². The van der Waals surface area contributed by atoms with Crippen molar-refractivity contribution in [2.45, 2.75) is 29.7 Å². The first-order valence-corrected chi connectivity index (χ1v) is 12.1. The zero-order chi connectivity index (χ0) is 22.2. The Bertz CT molecular complexity index is 1110. The van der Waals surface area contributed by atoms with Crippen LogP contribution in [-0.2, 0) is 19.4 Å². The molecule has 4 rings (SSSR count). The third-order valence-electron chi connectivity index (χ3n) is 5.54. The number of alkyl carbamates (subject to hydrolysis) is 1. The smallest absolute Gasteiger partial charge is 0.407 e. The first kappa shape index (κ1) is 21.6. The van der Waals surface area contributed by atoms with Crippen molar-refractivity contribution in [1.29, 1.82) is 0 Å². The molecule has 3 heterocycles. The second kappa shape index (κ2) is 8.47. The number of amides is 2. The molecule has 2 aliphatic heterocycles. The van der Waals surface area contributed by atoms with Crippen molar-refractivity contribution < 1.29 is 22.7 Å². The van der Waals surface area contributed by atoms with E-state index in [1.807, 2.05) is 12.1 Å². The summed E-state index contributed by atoms with van der Waals surface area (Å²) in [6, 6.07) is 8.38. The van der Waals surface area contributed by atoms with Crippen molar-refractivity contribution >= 4 is 33.4 Å². The van der Waals surface area contributed by atoms with Crippen LogP contribution in [0.25, 0.3) is 11.1 Å². The Morgan fingerprint density at radius 2 is 2.06 bits per heavy atom. The van der Waals surface area contributed by atoms with E-state index in [1.54, 1.807) is 23.2 Å². The molecule has 0 saturated carbocycles. The minimum absolute atomic E-state index is 0.0491. The van der Waals surface area contributed by atoms with Gasteiger partial charge in [0.2, 0.25) is 5.91 Å². The van der Waals surface area contributed by atoms with Gasteiger partial charge in [-0.1, -0.05) is 23.7 Å². The van der Waals surface area contributed by atoms with Crippen LogP contribution in [0.1, 0.15) is 24.5 Å². The minimum Gasteiger partial charge on any atom is -0.447 e. The Labute approximate surface area is 185 Å². The van der Waals surface area contributed by atoms with Gasteiger partial charge in [-0.3, -0.25) is 9.78 Å². The lowest BCUT2D eigenvalue weighted by molar-refractivity contribution is -0.135. The predicted molar refractivity (Wildman–Crippen MR) is 115 cm³/mol. The molecule has 0 bridgehead atoms. The number of nitrogens with zero attached hydrogens (tertiary/aromatic N) is 2. The normalized spacial score (nSPS) is 19.0. The summed E-state index contributed by atoms with van der Waals surface area (Å²) < 4.78 is 29.1. The van der Waals surface area contributed by atoms with E-state index in [0.717, 1.165) is 11.9 Å². The molecule has 2 aromatic rings. The van der Waals surface area contributed by atoms with Crippen LogP contribution in [0.5, 0.6) is 0 Å². The highest BCUT2D eigenvalue weighted by Crippen LogP contribution is 2.32. The number of likely N-dealkylation sites (tertiary alicyclic amines) is 1. The summed E-state index contributed by atoms with van der Waals surface area (Å²) in [5.74, 6) is 0.195. The van der Waals surface area contributed by atoms with E-state index in [1.165, 1.54) is 6.07 Å². The van der Waals surface area contributed by atoms with Crippen LogP contribution in [0.2, 0.25) is 5.02 Å². The van der Waals surface area contributed by atoms with E-state index in [0.29, 0.717) is 48.7 Å². The van der Waals surface area contributed by atoms with Crippen LogP contribution in [0.4, 0.5) is 4.79 Å². The summed E-state index contributed by atoms with van der Waals surface area (Å²) in [5, 5.41) is 3.02. The second-order valence-electron chi connectivity index (χ2n) is 7.86. The third-order valence-corrected chi connectivity index (χ3v) is 6.91. The van der Waals surface area contributed by atoms with Crippen LogP contribution in [0.15, 0.2) is 41.4 Å². The van der Waals surface area contributed by atoms with E-state index in [4.69, 9.17) is 16.3 Å². The van der Waals surface area contributed by atoms with Crippen LogP contribution >= 0.6 is 11.6 Å². The molecule has 1 aromatic heterocycles. The maximum atomic E-state index is 12.3. The van der Waals surface area contributed by atoms with E-state index in [2.05, 4.69) is 10.3 Å². The van der Waals surface area contributed by atoms with Gasteiger partial charge in [0.05, 0.1) is 10.9 Å². The standard InChI is InChI=1S/C21H22ClN3O5S/c1-31(28,29)19-8-15(22)3-5-17(19)13-2-6-18(23-9-13)14-10-25(11-14)20(26)7-4-16-12-30-21(27)24-16/h2-3,5-6,8-9,14,16H,4,7,10-12H2,1H3,(H,24,27)/t16-/m1/s1. The molecule has 2 amide bonds. The summed E-state index contributed by atoms with van der Waals surface area (Å²) in [7, 11) is -3.44. The van der Waals surface area contributed by atoms with E-state index in [-0.39, 0.29) is 22.8 Å². The molecule has 0 unspecified atom stereocenters. The van der Waals surface area contributed by atoms with Gasteiger partial charge in [0, 0.05) is 59.7 Å². The number of pyridine rings is 1. The summed E-state index contributed by atoms with van der Waals surface area (Å²) >= 11 is 5.97. The van der Waals surface area contributed by atoms with E-state index >= 15 is 0 Å². The van der Waals surface area contributed by atoms with Crippen LogP contribution < -0.4 is 5.32 Å². The van der Waals surface area contributed by atoms with Gasteiger partial charge in [-0.25, -0.2) is 13.2 Å². The van der Waals surface area contributed by atoms with Crippen molar-refractivity contribution in [1.82, 2.24) is 15.2 Å². The lowest BCUT2D eigenvalue weighted by atomic mass is 9.94. The van der Waals surface area contributed by atoms with Gasteiger partial charge < -0.3 is 15.0 Å². The number of sulfone groups is 1. The molecule has 164 valence electrons. The maximum Gasteiger partial charge on any atom is 0.407 e. The molecule has 8 nitrogen and oxygen atoms in total. The van der Waals surface area contributed by atoms with Crippen molar-refractivity contribution in [2.75, 3.05) is 26.0 Å². The van der Waals surface area contributed by atoms with Gasteiger partial charge in [0.1, 0.15) is 6.61 Å². The zero-order valence-corrected chi connectivity index (χ0v) is 18.4. The number of halogens is 1. The topological polar surface area (TPSA) is 106 Å². The second-order valence-corrected chi connectivity index (χ2v) is 10.3. The lowest BCUT2D eigenvalue weighted by Gasteiger charge is -2.39. The molecular formula is C21H22ClN3O5S. The molecule has 1 N–H and O–H groups in total. The first-order chi connectivity index (χ1) is 14.7. The SMILES string of the molecule is CS(=O)(=O)c1cc(Cl)ccc1-c1ccc(C2CN(C(=O)CC[C@@H]3COC(=O)N3)C2)nc1. The highest BCUT2D eigenvalue weighted by atomic mass is 35.5. The van der Waals surface area contributed by atoms with Gasteiger partial charge in [-0.15, -0.1) is 0 Å². The van der Waals surface area contributed by atoms with Crippen molar-refractivity contribution in [3.8, 4) is 11.1 Å². The third kappa shape index (κ3) is 4.83. The molecule has 1 atom stereocenters. The highest BCUT2D eigenvalue weighted by molar-refractivity contribution is 7.90. The zero-order valence-electron chi connectivity index (χ0n) is 16.9.